The summed E-state index contributed by atoms with van der Waals surface area (Å²) in [5.74, 6) is 1.24. The van der Waals surface area contributed by atoms with Crippen LogP contribution in [0.3, 0.4) is 0 Å². The van der Waals surface area contributed by atoms with E-state index in [0.29, 0.717) is 19.0 Å². The largest absolute Gasteiger partial charge is 0.468 e. The minimum Gasteiger partial charge on any atom is -0.468 e. The van der Waals surface area contributed by atoms with Crippen LogP contribution in [0.2, 0.25) is 0 Å². The van der Waals surface area contributed by atoms with Gasteiger partial charge in [-0.05, 0) is 30.3 Å². The molecule has 1 heterocycles. The Morgan fingerprint density at radius 2 is 1.81 bits per heavy atom. The van der Waals surface area contributed by atoms with Crippen molar-refractivity contribution in [1.82, 2.24) is 15.5 Å². The number of aliphatic imine (C=N–C) groups is 1. The maximum Gasteiger partial charge on any atom is 0.390 e. The van der Waals surface area contributed by atoms with Crippen LogP contribution in [0.4, 0.5) is 13.2 Å². The van der Waals surface area contributed by atoms with Crippen molar-refractivity contribution in [3.05, 3.63) is 59.5 Å². The lowest BCUT2D eigenvalue weighted by Crippen LogP contribution is -2.38. The van der Waals surface area contributed by atoms with E-state index >= 15 is 0 Å². The molecule has 1 aromatic carbocycles. The summed E-state index contributed by atoms with van der Waals surface area (Å²) in [7, 11) is 3.54. The summed E-state index contributed by atoms with van der Waals surface area (Å²) in [6.07, 6.45) is -3.43. The summed E-state index contributed by atoms with van der Waals surface area (Å²) in [6, 6.07) is 11.7. The zero-order valence-corrected chi connectivity index (χ0v) is 15.5. The first-order chi connectivity index (χ1) is 12.9. The molecular weight excluding hydrogens is 357 g/mol. The Morgan fingerprint density at radius 1 is 1.07 bits per heavy atom. The second kappa shape index (κ2) is 10.0. The Bertz CT molecular complexity index is 714. The Labute approximate surface area is 157 Å². The maximum absolute atomic E-state index is 12.3. The smallest absolute Gasteiger partial charge is 0.390 e. The standard InChI is InChI=1S/C19H25F3N4O/c1-23-18(24-10-9-19(20,21)22)25-12-15-6-3-4-7-16(15)13-26(2)14-17-8-5-11-27-17/h3-8,11H,9-10,12-14H2,1-2H3,(H2,23,24,25). The zero-order chi connectivity index (χ0) is 19.7. The summed E-state index contributed by atoms with van der Waals surface area (Å²) in [5.41, 5.74) is 2.19. The fourth-order valence-electron chi connectivity index (χ4n) is 2.62. The van der Waals surface area contributed by atoms with Gasteiger partial charge < -0.3 is 15.1 Å². The van der Waals surface area contributed by atoms with Crippen LogP contribution < -0.4 is 10.6 Å². The van der Waals surface area contributed by atoms with Gasteiger partial charge in [-0.15, -0.1) is 0 Å². The van der Waals surface area contributed by atoms with Crippen LogP contribution in [0.5, 0.6) is 0 Å². The monoisotopic (exact) mass is 382 g/mol. The predicted molar refractivity (Wildman–Crippen MR) is 99.2 cm³/mol. The molecule has 8 heteroatoms. The number of benzene rings is 1. The van der Waals surface area contributed by atoms with Crippen LogP contribution in [0, 0.1) is 0 Å². The molecule has 0 fully saturated rings. The molecule has 0 bridgehead atoms. The van der Waals surface area contributed by atoms with Crippen LogP contribution in [0.15, 0.2) is 52.1 Å². The van der Waals surface area contributed by atoms with E-state index < -0.39 is 12.6 Å². The number of alkyl halides is 3. The summed E-state index contributed by atoms with van der Waals surface area (Å²) < 4.78 is 42.1. The number of guanidine groups is 1. The highest BCUT2D eigenvalue weighted by Crippen LogP contribution is 2.18. The van der Waals surface area contributed by atoms with Crippen LogP contribution >= 0.6 is 0 Å². The van der Waals surface area contributed by atoms with Crippen molar-refractivity contribution < 1.29 is 17.6 Å². The van der Waals surface area contributed by atoms with Gasteiger partial charge in [-0.1, -0.05) is 24.3 Å². The van der Waals surface area contributed by atoms with Gasteiger partial charge in [0.15, 0.2) is 5.96 Å². The molecule has 0 atom stereocenters. The molecule has 2 N–H and O–H groups in total. The van der Waals surface area contributed by atoms with E-state index in [1.165, 1.54) is 7.05 Å². The molecule has 0 aliphatic rings. The first-order valence-electron chi connectivity index (χ1n) is 8.66. The number of nitrogens with zero attached hydrogens (tertiary/aromatic N) is 2. The summed E-state index contributed by atoms with van der Waals surface area (Å²) in [4.78, 5) is 6.10. The first-order valence-corrected chi connectivity index (χ1v) is 8.66. The number of rotatable bonds is 8. The van der Waals surface area contributed by atoms with E-state index in [-0.39, 0.29) is 6.54 Å². The number of nitrogens with one attached hydrogen (secondary N) is 2. The van der Waals surface area contributed by atoms with Gasteiger partial charge in [0.05, 0.1) is 19.2 Å². The second-order valence-corrected chi connectivity index (χ2v) is 6.24. The number of furan rings is 1. The summed E-state index contributed by atoms with van der Waals surface area (Å²) in [5, 5.41) is 5.75. The number of halogens is 3. The molecule has 0 aliphatic heterocycles. The molecule has 0 unspecified atom stereocenters. The highest BCUT2D eigenvalue weighted by atomic mass is 19.4. The van der Waals surface area contributed by atoms with Gasteiger partial charge in [0.2, 0.25) is 0 Å². The average Bonchev–Trinajstić information content (AvgIpc) is 3.11. The highest BCUT2D eigenvalue weighted by molar-refractivity contribution is 5.79. The maximum atomic E-state index is 12.3. The van der Waals surface area contributed by atoms with Crippen molar-refractivity contribution in [3.63, 3.8) is 0 Å². The molecule has 0 amide bonds. The third-order valence-electron chi connectivity index (χ3n) is 3.94. The molecule has 148 valence electrons. The van der Waals surface area contributed by atoms with Crippen molar-refractivity contribution in [2.24, 2.45) is 4.99 Å². The van der Waals surface area contributed by atoms with Crippen LogP contribution in [0.25, 0.3) is 0 Å². The van der Waals surface area contributed by atoms with E-state index in [0.717, 1.165) is 23.4 Å². The lowest BCUT2D eigenvalue weighted by atomic mass is 10.1. The van der Waals surface area contributed by atoms with Gasteiger partial charge in [-0.25, -0.2) is 0 Å². The number of hydrogen-bond acceptors (Lipinski definition) is 3. The molecular formula is C19H25F3N4O. The third-order valence-corrected chi connectivity index (χ3v) is 3.94. The van der Waals surface area contributed by atoms with Gasteiger partial charge in [0.25, 0.3) is 0 Å². The Morgan fingerprint density at radius 3 is 2.44 bits per heavy atom. The average molecular weight is 382 g/mol. The topological polar surface area (TPSA) is 52.8 Å². The van der Waals surface area contributed by atoms with Gasteiger partial charge in [0, 0.05) is 26.7 Å². The minimum absolute atomic E-state index is 0.212. The fraction of sp³-hybridized carbons (Fsp3) is 0.421. The van der Waals surface area contributed by atoms with Gasteiger partial charge in [0.1, 0.15) is 5.76 Å². The SMILES string of the molecule is CN=C(NCCC(F)(F)F)NCc1ccccc1CN(C)Cc1ccco1. The van der Waals surface area contributed by atoms with Crippen molar-refractivity contribution in [3.8, 4) is 0 Å². The molecule has 2 aromatic rings. The van der Waals surface area contributed by atoms with E-state index in [9.17, 15) is 13.2 Å². The van der Waals surface area contributed by atoms with E-state index in [1.807, 2.05) is 43.4 Å². The molecule has 0 radical (unpaired) electrons. The van der Waals surface area contributed by atoms with E-state index in [4.69, 9.17) is 4.42 Å². The van der Waals surface area contributed by atoms with Crippen molar-refractivity contribution >= 4 is 5.96 Å². The van der Waals surface area contributed by atoms with Crippen molar-refractivity contribution in [1.29, 1.82) is 0 Å². The second-order valence-electron chi connectivity index (χ2n) is 6.24. The predicted octanol–water partition coefficient (Wildman–Crippen LogP) is 3.53. The molecule has 0 saturated heterocycles. The normalized spacial score (nSPS) is 12.4. The molecule has 0 aliphatic carbocycles. The molecule has 0 spiro atoms. The highest BCUT2D eigenvalue weighted by Gasteiger charge is 2.26. The van der Waals surface area contributed by atoms with Crippen LogP contribution in [-0.4, -0.2) is 37.7 Å². The summed E-state index contributed by atoms with van der Waals surface area (Å²) >= 11 is 0. The van der Waals surface area contributed by atoms with E-state index in [2.05, 4.69) is 20.5 Å². The lowest BCUT2D eigenvalue weighted by Gasteiger charge is -2.19. The molecule has 27 heavy (non-hydrogen) atoms. The molecule has 5 nitrogen and oxygen atoms in total. The quantitative estimate of drug-likeness (QED) is 0.542. The fourth-order valence-corrected chi connectivity index (χ4v) is 2.62. The third kappa shape index (κ3) is 7.74. The Hall–Kier alpha value is -2.48. The number of hydrogen-bond donors (Lipinski definition) is 2. The van der Waals surface area contributed by atoms with Crippen molar-refractivity contribution in [2.45, 2.75) is 32.2 Å². The summed E-state index contributed by atoms with van der Waals surface area (Å²) in [6.45, 7) is 1.67. The lowest BCUT2D eigenvalue weighted by molar-refractivity contribution is -0.132. The van der Waals surface area contributed by atoms with Gasteiger partial charge in [-0.3, -0.25) is 9.89 Å². The van der Waals surface area contributed by atoms with Gasteiger partial charge >= 0.3 is 6.18 Å². The molecule has 1 aromatic heterocycles. The van der Waals surface area contributed by atoms with Crippen molar-refractivity contribution in [2.75, 3.05) is 20.6 Å². The van der Waals surface area contributed by atoms with Crippen LogP contribution in [-0.2, 0) is 19.6 Å². The Kier molecular flexibility index (Phi) is 7.72. The van der Waals surface area contributed by atoms with Crippen LogP contribution in [0.1, 0.15) is 23.3 Å². The molecule has 0 saturated carbocycles. The Balaban J connectivity index is 1.88. The van der Waals surface area contributed by atoms with E-state index in [1.54, 1.807) is 6.26 Å². The molecule has 2 rings (SSSR count). The minimum atomic E-state index is -4.18. The van der Waals surface area contributed by atoms with Gasteiger partial charge in [-0.2, -0.15) is 13.2 Å². The first kappa shape index (κ1) is 20.8. The zero-order valence-electron chi connectivity index (χ0n) is 15.5.